The molecule has 1 unspecified atom stereocenters. The molecule has 0 radical (unpaired) electrons. The lowest BCUT2D eigenvalue weighted by molar-refractivity contribution is -0.787. The Kier molecular flexibility index (Phi) is 3.59. The van der Waals surface area contributed by atoms with E-state index in [-0.39, 0.29) is 12.0 Å². The number of hydrogen-bond acceptors (Lipinski definition) is 2. The summed E-state index contributed by atoms with van der Waals surface area (Å²) in [5, 5.41) is 8.94. The van der Waals surface area contributed by atoms with Gasteiger partial charge in [0.1, 0.15) is 11.4 Å². The maximum atomic E-state index is 10.9. The van der Waals surface area contributed by atoms with Crippen LogP contribution in [0.3, 0.4) is 0 Å². The molecule has 1 aromatic carbocycles. The molecule has 112 valence electrons. The van der Waals surface area contributed by atoms with Crippen LogP contribution in [-0.2, 0) is 10.2 Å². The molecule has 2 aliphatic rings. The third kappa shape index (κ3) is 2.49. The SMILES string of the molecule is C=C(C)[NH+]1CC2(CCN(CC(=O)O)CC2)c2ccccc21. The van der Waals surface area contributed by atoms with Gasteiger partial charge < -0.3 is 5.11 Å². The number of benzene rings is 1. The molecule has 1 saturated heterocycles. The van der Waals surface area contributed by atoms with E-state index in [4.69, 9.17) is 5.11 Å². The van der Waals surface area contributed by atoms with E-state index in [1.807, 2.05) is 0 Å². The fourth-order valence-corrected chi connectivity index (χ4v) is 3.89. The summed E-state index contributed by atoms with van der Waals surface area (Å²) in [7, 11) is 0. The van der Waals surface area contributed by atoms with E-state index in [1.165, 1.54) is 16.2 Å². The van der Waals surface area contributed by atoms with Crippen LogP contribution in [0.2, 0.25) is 0 Å². The molecule has 4 heteroatoms. The van der Waals surface area contributed by atoms with Crippen molar-refractivity contribution in [1.82, 2.24) is 4.90 Å². The second kappa shape index (κ2) is 5.28. The van der Waals surface area contributed by atoms with Gasteiger partial charge in [0, 0.05) is 12.5 Å². The summed E-state index contributed by atoms with van der Waals surface area (Å²) in [4.78, 5) is 14.3. The van der Waals surface area contributed by atoms with Crippen molar-refractivity contribution < 1.29 is 14.8 Å². The molecule has 2 heterocycles. The summed E-state index contributed by atoms with van der Waals surface area (Å²) < 4.78 is 0. The van der Waals surface area contributed by atoms with E-state index in [2.05, 4.69) is 42.7 Å². The third-order valence-corrected chi connectivity index (χ3v) is 5.03. The maximum Gasteiger partial charge on any atom is 0.317 e. The maximum absolute atomic E-state index is 10.9. The topological polar surface area (TPSA) is 45.0 Å². The van der Waals surface area contributed by atoms with E-state index in [0.29, 0.717) is 0 Å². The lowest BCUT2D eigenvalue weighted by atomic mass is 9.74. The molecule has 2 N–H and O–H groups in total. The van der Waals surface area contributed by atoms with Gasteiger partial charge >= 0.3 is 5.97 Å². The zero-order valence-corrected chi connectivity index (χ0v) is 12.6. The standard InChI is InChI=1S/C17H22N2O2/c1-13(2)19-12-17(14-5-3-4-6-15(14)19)7-9-18(10-8-17)11-16(20)21/h3-6H,1,7-12H2,2H3,(H,20,21)/p+1. The van der Waals surface area contributed by atoms with Crippen LogP contribution in [0.15, 0.2) is 36.5 Å². The molecule has 0 aliphatic carbocycles. The number of likely N-dealkylation sites (tertiary alicyclic amines) is 1. The Bertz CT molecular complexity index is 574. The highest BCUT2D eigenvalue weighted by Gasteiger charge is 2.48. The minimum atomic E-state index is -0.730. The highest BCUT2D eigenvalue weighted by Crippen LogP contribution is 2.41. The van der Waals surface area contributed by atoms with Gasteiger partial charge in [-0.25, -0.2) is 0 Å². The van der Waals surface area contributed by atoms with Crippen molar-refractivity contribution in [1.29, 1.82) is 0 Å². The lowest BCUT2D eigenvalue weighted by Crippen LogP contribution is -3.04. The van der Waals surface area contributed by atoms with Gasteiger partial charge in [0.05, 0.1) is 18.5 Å². The molecule has 4 nitrogen and oxygen atoms in total. The van der Waals surface area contributed by atoms with E-state index < -0.39 is 5.97 Å². The third-order valence-electron chi connectivity index (χ3n) is 5.03. The van der Waals surface area contributed by atoms with E-state index in [1.54, 1.807) is 0 Å². The van der Waals surface area contributed by atoms with Crippen LogP contribution in [0.4, 0.5) is 5.69 Å². The average molecular weight is 287 g/mol. The number of hydrogen-bond donors (Lipinski definition) is 2. The molecular formula is C17H23N2O2+. The van der Waals surface area contributed by atoms with Gasteiger partial charge in [-0.3, -0.25) is 14.6 Å². The Morgan fingerprint density at radius 2 is 2.05 bits per heavy atom. The minimum absolute atomic E-state index is 0.161. The van der Waals surface area contributed by atoms with Gasteiger partial charge in [-0.2, -0.15) is 0 Å². The van der Waals surface area contributed by atoms with Crippen molar-refractivity contribution >= 4 is 11.7 Å². The van der Waals surface area contributed by atoms with Crippen LogP contribution in [0, 0.1) is 0 Å². The quantitative estimate of drug-likeness (QED) is 0.877. The molecular weight excluding hydrogens is 264 g/mol. The molecule has 3 rings (SSSR count). The van der Waals surface area contributed by atoms with Crippen LogP contribution in [0.25, 0.3) is 0 Å². The van der Waals surface area contributed by atoms with Crippen molar-refractivity contribution in [3.05, 3.63) is 42.1 Å². The Hall–Kier alpha value is -1.65. The van der Waals surface area contributed by atoms with Crippen molar-refractivity contribution in [2.45, 2.75) is 25.2 Å². The van der Waals surface area contributed by atoms with Crippen LogP contribution in [-0.4, -0.2) is 42.2 Å². The fraction of sp³-hybridized carbons (Fsp3) is 0.471. The number of piperidine rings is 1. The Balaban J connectivity index is 1.84. The van der Waals surface area contributed by atoms with Gasteiger partial charge in [-0.15, -0.1) is 0 Å². The minimum Gasteiger partial charge on any atom is -0.480 e. The lowest BCUT2D eigenvalue weighted by Gasteiger charge is -2.37. The highest BCUT2D eigenvalue weighted by molar-refractivity contribution is 5.69. The van der Waals surface area contributed by atoms with Gasteiger partial charge in [0.15, 0.2) is 0 Å². The van der Waals surface area contributed by atoms with Gasteiger partial charge in [0.25, 0.3) is 0 Å². The zero-order valence-electron chi connectivity index (χ0n) is 12.6. The molecule has 0 bridgehead atoms. The Labute approximate surface area is 125 Å². The van der Waals surface area contributed by atoms with Crippen LogP contribution < -0.4 is 4.90 Å². The number of rotatable bonds is 3. The number of para-hydroxylation sites is 1. The van der Waals surface area contributed by atoms with Gasteiger partial charge in [0.2, 0.25) is 0 Å². The van der Waals surface area contributed by atoms with E-state index in [9.17, 15) is 4.79 Å². The normalized spacial score (nSPS) is 24.0. The van der Waals surface area contributed by atoms with E-state index >= 15 is 0 Å². The number of aliphatic carboxylic acids is 1. The average Bonchev–Trinajstić information content (AvgIpc) is 2.77. The number of nitrogens with zero attached hydrogens (tertiary/aromatic N) is 1. The number of allylic oxidation sites excluding steroid dienone is 1. The summed E-state index contributed by atoms with van der Waals surface area (Å²) in [6.07, 6.45) is 2.07. The monoisotopic (exact) mass is 287 g/mol. The Morgan fingerprint density at radius 1 is 1.38 bits per heavy atom. The van der Waals surface area contributed by atoms with Crippen LogP contribution >= 0.6 is 0 Å². The predicted molar refractivity (Wildman–Crippen MR) is 81.7 cm³/mol. The smallest absolute Gasteiger partial charge is 0.317 e. The first-order valence-corrected chi connectivity index (χ1v) is 7.58. The fourth-order valence-electron chi connectivity index (χ4n) is 3.89. The number of carbonyl (C=O) groups is 1. The molecule has 1 atom stereocenters. The second-order valence-corrected chi connectivity index (χ2v) is 6.43. The largest absolute Gasteiger partial charge is 0.480 e. The summed E-state index contributed by atoms with van der Waals surface area (Å²) in [5.41, 5.74) is 4.15. The molecule has 0 saturated carbocycles. The number of carboxylic acid groups (broad SMARTS) is 1. The summed E-state index contributed by atoms with van der Waals surface area (Å²) in [6, 6.07) is 8.67. The molecule has 0 aromatic heterocycles. The summed E-state index contributed by atoms with van der Waals surface area (Å²) in [6.45, 7) is 9.18. The van der Waals surface area contributed by atoms with Crippen molar-refractivity contribution in [2.24, 2.45) is 0 Å². The van der Waals surface area contributed by atoms with Crippen LogP contribution in [0.1, 0.15) is 25.3 Å². The summed E-state index contributed by atoms with van der Waals surface area (Å²) in [5.74, 6) is -0.730. The second-order valence-electron chi connectivity index (χ2n) is 6.43. The summed E-state index contributed by atoms with van der Waals surface area (Å²) >= 11 is 0. The Morgan fingerprint density at radius 3 is 2.67 bits per heavy atom. The van der Waals surface area contributed by atoms with Crippen LogP contribution in [0.5, 0.6) is 0 Å². The number of quaternary nitrogens is 1. The molecule has 1 fully saturated rings. The number of fused-ring (bicyclic) bond motifs is 2. The van der Waals surface area contributed by atoms with Crippen molar-refractivity contribution in [2.75, 3.05) is 26.2 Å². The molecule has 21 heavy (non-hydrogen) atoms. The van der Waals surface area contributed by atoms with Crippen molar-refractivity contribution in [3.8, 4) is 0 Å². The van der Waals surface area contributed by atoms with E-state index in [0.717, 1.165) is 38.2 Å². The molecule has 1 spiro atoms. The van der Waals surface area contributed by atoms with Gasteiger partial charge in [-0.05, 0) is 38.6 Å². The van der Waals surface area contributed by atoms with Crippen molar-refractivity contribution in [3.63, 3.8) is 0 Å². The zero-order chi connectivity index (χ0) is 15.0. The first kappa shape index (κ1) is 14.3. The predicted octanol–water partition coefficient (Wildman–Crippen LogP) is 1.17. The first-order chi connectivity index (χ1) is 10.0. The molecule has 2 aliphatic heterocycles. The highest BCUT2D eigenvalue weighted by atomic mass is 16.4. The number of carboxylic acids is 1. The molecule has 1 aromatic rings. The number of nitrogens with one attached hydrogen (secondary N) is 1. The first-order valence-electron chi connectivity index (χ1n) is 7.58. The van der Waals surface area contributed by atoms with Gasteiger partial charge in [-0.1, -0.05) is 18.2 Å². The molecule has 0 amide bonds.